The van der Waals surface area contributed by atoms with Gasteiger partial charge in [-0.25, -0.2) is 4.39 Å². The summed E-state index contributed by atoms with van der Waals surface area (Å²) in [5, 5.41) is 8.88. The SMILES string of the molecule is COc1cccc(C(C)C(C)C(=O)O)c1F. The second-order valence-corrected chi connectivity index (χ2v) is 3.78. The zero-order valence-electron chi connectivity index (χ0n) is 9.53. The Labute approximate surface area is 93.9 Å². The highest BCUT2D eigenvalue weighted by Gasteiger charge is 2.24. The predicted molar refractivity (Wildman–Crippen MR) is 58.2 cm³/mol. The lowest BCUT2D eigenvalue weighted by atomic mass is 9.88. The Kier molecular flexibility index (Phi) is 3.88. The molecule has 2 atom stereocenters. The molecular weight excluding hydrogens is 211 g/mol. The molecule has 16 heavy (non-hydrogen) atoms. The van der Waals surface area contributed by atoms with Gasteiger partial charge in [0.05, 0.1) is 13.0 Å². The zero-order valence-corrected chi connectivity index (χ0v) is 9.53. The van der Waals surface area contributed by atoms with E-state index in [1.165, 1.54) is 13.2 Å². The molecular formula is C12H15FO3. The topological polar surface area (TPSA) is 46.5 Å². The number of methoxy groups -OCH3 is 1. The van der Waals surface area contributed by atoms with Gasteiger partial charge in [-0.2, -0.15) is 0 Å². The summed E-state index contributed by atoms with van der Waals surface area (Å²) < 4.78 is 18.7. The molecule has 0 saturated carbocycles. The minimum atomic E-state index is -0.935. The average Bonchev–Trinajstić information content (AvgIpc) is 2.27. The van der Waals surface area contributed by atoms with E-state index in [-0.39, 0.29) is 5.75 Å². The Morgan fingerprint density at radius 3 is 2.56 bits per heavy atom. The van der Waals surface area contributed by atoms with Crippen LogP contribution < -0.4 is 4.74 Å². The summed E-state index contributed by atoms with van der Waals surface area (Å²) in [6.07, 6.45) is 0. The van der Waals surface area contributed by atoms with Crippen molar-refractivity contribution in [3.8, 4) is 5.75 Å². The minimum Gasteiger partial charge on any atom is -0.494 e. The van der Waals surface area contributed by atoms with Crippen LogP contribution in [0.3, 0.4) is 0 Å². The number of carbonyl (C=O) groups is 1. The summed E-state index contributed by atoms with van der Waals surface area (Å²) in [6.45, 7) is 3.25. The fourth-order valence-corrected chi connectivity index (χ4v) is 1.52. The van der Waals surface area contributed by atoms with Crippen molar-refractivity contribution in [2.45, 2.75) is 19.8 Å². The van der Waals surface area contributed by atoms with Gasteiger partial charge in [-0.05, 0) is 17.5 Å². The molecule has 0 radical (unpaired) electrons. The van der Waals surface area contributed by atoms with E-state index in [2.05, 4.69) is 0 Å². The van der Waals surface area contributed by atoms with Gasteiger partial charge in [0.15, 0.2) is 11.6 Å². The lowest BCUT2D eigenvalue weighted by Crippen LogP contribution is -2.17. The predicted octanol–water partition coefficient (Wildman–Crippen LogP) is 2.66. The summed E-state index contributed by atoms with van der Waals surface area (Å²) in [5.41, 5.74) is 0.370. The monoisotopic (exact) mass is 226 g/mol. The molecule has 0 aliphatic rings. The van der Waals surface area contributed by atoms with Gasteiger partial charge in [-0.3, -0.25) is 4.79 Å². The number of carboxylic acids is 1. The fourth-order valence-electron chi connectivity index (χ4n) is 1.52. The first-order valence-corrected chi connectivity index (χ1v) is 5.04. The number of aliphatic carboxylic acids is 1. The molecule has 1 aromatic rings. The molecule has 0 fully saturated rings. The van der Waals surface area contributed by atoms with Crippen LogP contribution in [-0.4, -0.2) is 18.2 Å². The normalized spacial score (nSPS) is 14.2. The molecule has 88 valence electrons. The molecule has 0 aliphatic heterocycles. The second-order valence-electron chi connectivity index (χ2n) is 3.78. The van der Waals surface area contributed by atoms with E-state index in [9.17, 15) is 9.18 Å². The number of hydrogen-bond donors (Lipinski definition) is 1. The van der Waals surface area contributed by atoms with Crippen molar-refractivity contribution >= 4 is 5.97 Å². The van der Waals surface area contributed by atoms with Crippen LogP contribution in [0.15, 0.2) is 18.2 Å². The van der Waals surface area contributed by atoms with Crippen molar-refractivity contribution in [1.29, 1.82) is 0 Å². The summed E-state index contributed by atoms with van der Waals surface area (Å²) >= 11 is 0. The highest BCUT2D eigenvalue weighted by Crippen LogP contribution is 2.30. The van der Waals surface area contributed by atoms with Gasteiger partial charge < -0.3 is 9.84 Å². The number of rotatable bonds is 4. The van der Waals surface area contributed by atoms with Gasteiger partial charge in [0.25, 0.3) is 0 Å². The molecule has 0 saturated heterocycles. The highest BCUT2D eigenvalue weighted by molar-refractivity contribution is 5.70. The molecule has 3 nitrogen and oxygen atoms in total. The summed E-state index contributed by atoms with van der Waals surface area (Å²) in [7, 11) is 1.38. The Balaban J connectivity index is 3.08. The number of hydrogen-bond acceptors (Lipinski definition) is 2. The van der Waals surface area contributed by atoms with Crippen molar-refractivity contribution in [2.24, 2.45) is 5.92 Å². The molecule has 4 heteroatoms. The number of benzene rings is 1. The van der Waals surface area contributed by atoms with Crippen molar-refractivity contribution in [3.63, 3.8) is 0 Å². The molecule has 2 unspecified atom stereocenters. The first-order valence-electron chi connectivity index (χ1n) is 5.04. The molecule has 0 spiro atoms. The van der Waals surface area contributed by atoms with Gasteiger partial charge in [0, 0.05) is 0 Å². The van der Waals surface area contributed by atoms with Crippen LogP contribution in [0.2, 0.25) is 0 Å². The van der Waals surface area contributed by atoms with E-state index in [1.54, 1.807) is 26.0 Å². The van der Waals surface area contributed by atoms with Gasteiger partial charge >= 0.3 is 5.97 Å². The Morgan fingerprint density at radius 1 is 1.44 bits per heavy atom. The van der Waals surface area contributed by atoms with Crippen LogP contribution in [0.25, 0.3) is 0 Å². The first kappa shape index (κ1) is 12.5. The second kappa shape index (κ2) is 4.96. The average molecular weight is 226 g/mol. The molecule has 1 aromatic carbocycles. The van der Waals surface area contributed by atoms with Crippen LogP contribution in [0.1, 0.15) is 25.3 Å². The molecule has 1 N–H and O–H groups in total. The maximum absolute atomic E-state index is 13.8. The zero-order chi connectivity index (χ0) is 12.3. The maximum atomic E-state index is 13.8. The lowest BCUT2D eigenvalue weighted by Gasteiger charge is -2.18. The molecule has 0 aliphatic carbocycles. The third-order valence-electron chi connectivity index (χ3n) is 2.84. The molecule has 0 heterocycles. The number of halogens is 1. The van der Waals surface area contributed by atoms with E-state index < -0.39 is 23.6 Å². The van der Waals surface area contributed by atoms with Gasteiger partial charge in [-0.1, -0.05) is 26.0 Å². The molecule has 0 aromatic heterocycles. The smallest absolute Gasteiger partial charge is 0.306 e. The van der Waals surface area contributed by atoms with E-state index >= 15 is 0 Å². The van der Waals surface area contributed by atoms with Crippen molar-refractivity contribution < 1.29 is 19.0 Å². The Morgan fingerprint density at radius 2 is 2.06 bits per heavy atom. The number of carboxylic acid groups (broad SMARTS) is 1. The van der Waals surface area contributed by atoms with E-state index in [1.807, 2.05) is 0 Å². The quantitative estimate of drug-likeness (QED) is 0.858. The summed E-state index contributed by atoms with van der Waals surface area (Å²) in [4.78, 5) is 10.8. The largest absolute Gasteiger partial charge is 0.494 e. The van der Waals surface area contributed by atoms with Gasteiger partial charge in [0.1, 0.15) is 0 Å². The van der Waals surface area contributed by atoms with Gasteiger partial charge in [0.2, 0.25) is 0 Å². The van der Waals surface area contributed by atoms with Crippen LogP contribution in [0.4, 0.5) is 4.39 Å². The third kappa shape index (κ3) is 2.32. The standard InChI is InChI=1S/C12H15FO3/c1-7(8(2)12(14)15)9-5-4-6-10(16-3)11(9)13/h4-8H,1-3H3,(H,14,15). The molecule has 1 rings (SSSR count). The lowest BCUT2D eigenvalue weighted by molar-refractivity contribution is -0.141. The Bertz CT molecular complexity index is 390. The van der Waals surface area contributed by atoms with Crippen LogP contribution in [-0.2, 0) is 4.79 Å². The molecule has 0 bridgehead atoms. The minimum absolute atomic E-state index is 0.141. The van der Waals surface area contributed by atoms with E-state index in [4.69, 9.17) is 9.84 Å². The van der Waals surface area contributed by atoms with Crippen molar-refractivity contribution in [1.82, 2.24) is 0 Å². The van der Waals surface area contributed by atoms with Crippen molar-refractivity contribution in [3.05, 3.63) is 29.6 Å². The highest BCUT2D eigenvalue weighted by atomic mass is 19.1. The Hall–Kier alpha value is -1.58. The summed E-state index contributed by atoms with van der Waals surface area (Å²) in [6, 6.07) is 4.75. The van der Waals surface area contributed by atoms with Gasteiger partial charge in [-0.15, -0.1) is 0 Å². The van der Waals surface area contributed by atoms with Crippen molar-refractivity contribution in [2.75, 3.05) is 7.11 Å². The number of ether oxygens (including phenoxy) is 1. The van der Waals surface area contributed by atoms with Crippen LogP contribution in [0.5, 0.6) is 5.75 Å². The summed E-state index contributed by atoms with van der Waals surface area (Å²) in [5.74, 6) is -2.31. The fraction of sp³-hybridized carbons (Fsp3) is 0.417. The van der Waals surface area contributed by atoms with Crippen LogP contribution >= 0.6 is 0 Å². The third-order valence-corrected chi connectivity index (χ3v) is 2.84. The van der Waals surface area contributed by atoms with E-state index in [0.29, 0.717) is 5.56 Å². The van der Waals surface area contributed by atoms with Crippen LogP contribution in [0, 0.1) is 11.7 Å². The maximum Gasteiger partial charge on any atom is 0.306 e. The van der Waals surface area contributed by atoms with E-state index in [0.717, 1.165) is 0 Å². The molecule has 0 amide bonds. The first-order chi connectivity index (χ1) is 7.49.